The first-order valence-corrected chi connectivity index (χ1v) is 9.34. The molecule has 2 aromatic heterocycles. The first-order chi connectivity index (χ1) is 13.4. The lowest BCUT2D eigenvalue weighted by atomic mass is 9.98. The van der Waals surface area contributed by atoms with Gasteiger partial charge >= 0.3 is 0 Å². The highest BCUT2D eigenvalue weighted by Gasteiger charge is 2.15. The number of nitrogens with zero attached hydrogens (tertiary/aromatic N) is 3. The van der Waals surface area contributed by atoms with Crippen LogP contribution in [-0.4, -0.2) is 20.9 Å². The van der Waals surface area contributed by atoms with Crippen molar-refractivity contribution in [1.29, 1.82) is 0 Å². The van der Waals surface area contributed by atoms with Gasteiger partial charge in [0.15, 0.2) is 0 Å². The van der Waals surface area contributed by atoms with Gasteiger partial charge < -0.3 is 10.6 Å². The standard InChI is InChI=1S/C22H25N5O/c1-14(2)18-10-7-8-15(3)21(18)27-22(28)19-12-20(26-16(4)25-19)24-13-17-9-5-6-11-23-17/h5-12,14H,13H2,1-4H3,(H,27,28)(H,24,25,26). The van der Waals surface area contributed by atoms with E-state index in [9.17, 15) is 4.79 Å². The molecule has 1 aromatic carbocycles. The Hall–Kier alpha value is -3.28. The summed E-state index contributed by atoms with van der Waals surface area (Å²) in [6.45, 7) is 8.51. The second kappa shape index (κ2) is 8.61. The molecule has 0 radical (unpaired) electrons. The molecule has 0 aliphatic rings. The minimum absolute atomic E-state index is 0.248. The Morgan fingerprint density at radius 1 is 1.07 bits per heavy atom. The van der Waals surface area contributed by atoms with Crippen molar-refractivity contribution in [2.45, 2.75) is 40.2 Å². The van der Waals surface area contributed by atoms with Gasteiger partial charge in [0, 0.05) is 18.0 Å². The maximum Gasteiger partial charge on any atom is 0.274 e. The van der Waals surface area contributed by atoms with Gasteiger partial charge in [-0.1, -0.05) is 38.1 Å². The molecule has 3 rings (SSSR count). The highest BCUT2D eigenvalue weighted by atomic mass is 16.1. The predicted molar refractivity (Wildman–Crippen MR) is 112 cm³/mol. The number of carbonyl (C=O) groups is 1. The third kappa shape index (κ3) is 4.71. The van der Waals surface area contributed by atoms with Crippen LogP contribution >= 0.6 is 0 Å². The Morgan fingerprint density at radius 2 is 1.89 bits per heavy atom. The normalized spacial score (nSPS) is 10.8. The van der Waals surface area contributed by atoms with Crippen LogP contribution in [0, 0.1) is 13.8 Å². The molecule has 28 heavy (non-hydrogen) atoms. The van der Waals surface area contributed by atoms with Gasteiger partial charge in [0.25, 0.3) is 5.91 Å². The van der Waals surface area contributed by atoms with Crippen molar-refractivity contribution < 1.29 is 4.79 Å². The fraction of sp³-hybridized carbons (Fsp3) is 0.273. The zero-order valence-electron chi connectivity index (χ0n) is 16.7. The van der Waals surface area contributed by atoms with Gasteiger partial charge in [-0.15, -0.1) is 0 Å². The van der Waals surface area contributed by atoms with Gasteiger partial charge in [0.1, 0.15) is 17.3 Å². The van der Waals surface area contributed by atoms with E-state index >= 15 is 0 Å². The molecule has 0 saturated carbocycles. The third-order valence-corrected chi connectivity index (χ3v) is 4.41. The predicted octanol–water partition coefficient (Wildman–Crippen LogP) is 4.48. The fourth-order valence-electron chi connectivity index (χ4n) is 2.98. The summed E-state index contributed by atoms with van der Waals surface area (Å²) in [6, 6.07) is 13.4. The molecular weight excluding hydrogens is 350 g/mol. The summed E-state index contributed by atoms with van der Waals surface area (Å²) in [5.74, 6) is 1.18. The minimum Gasteiger partial charge on any atom is -0.364 e. The van der Waals surface area contributed by atoms with Crippen LogP contribution in [0.1, 0.15) is 52.9 Å². The van der Waals surface area contributed by atoms with Crippen LogP contribution in [0.3, 0.4) is 0 Å². The Morgan fingerprint density at radius 3 is 2.61 bits per heavy atom. The van der Waals surface area contributed by atoms with E-state index in [0.29, 0.717) is 29.8 Å². The summed E-state index contributed by atoms with van der Waals surface area (Å²) in [4.78, 5) is 25.8. The van der Waals surface area contributed by atoms with Gasteiger partial charge in [-0.25, -0.2) is 9.97 Å². The maximum absolute atomic E-state index is 12.9. The smallest absolute Gasteiger partial charge is 0.274 e. The van der Waals surface area contributed by atoms with Gasteiger partial charge in [-0.2, -0.15) is 0 Å². The highest BCUT2D eigenvalue weighted by molar-refractivity contribution is 6.04. The summed E-state index contributed by atoms with van der Waals surface area (Å²) < 4.78 is 0. The lowest BCUT2D eigenvalue weighted by Crippen LogP contribution is -2.18. The zero-order valence-corrected chi connectivity index (χ0v) is 16.7. The zero-order chi connectivity index (χ0) is 20.1. The van der Waals surface area contributed by atoms with Crippen LogP contribution in [0.4, 0.5) is 11.5 Å². The molecule has 0 aliphatic carbocycles. The van der Waals surface area contributed by atoms with E-state index in [1.54, 1.807) is 19.2 Å². The molecule has 2 N–H and O–H groups in total. The monoisotopic (exact) mass is 375 g/mol. The van der Waals surface area contributed by atoms with Gasteiger partial charge in [-0.05, 0) is 43.0 Å². The molecule has 1 amide bonds. The molecule has 6 nitrogen and oxygen atoms in total. The van der Waals surface area contributed by atoms with Crippen molar-refractivity contribution >= 4 is 17.4 Å². The van der Waals surface area contributed by atoms with E-state index in [4.69, 9.17) is 0 Å². The van der Waals surface area contributed by atoms with E-state index in [2.05, 4.69) is 39.4 Å². The van der Waals surface area contributed by atoms with E-state index in [1.807, 2.05) is 43.3 Å². The molecule has 2 heterocycles. The van der Waals surface area contributed by atoms with Crippen LogP contribution in [0.25, 0.3) is 0 Å². The van der Waals surface area contributed by atoms with Gasteiger partial charge in [0.05, 0.1) is 12.2 Å². The fourth-order valence-corrected chi connectivity index (χ4v) is 2.98. The summed E-state index contributed by atoms with van der Waals surface area (Å²) in [5, 5.41) is 6.24. The molecular formula is C22H25N5O. The number of pyridine rings is 1. The number of aryl methyl sites for hydroxylation is 2. The Labute approximate surface area is 165 Å². The average molecular weight is 375 g/mol. The molecule has 0 saturated heterocycles. The van der Waals surface area contributed by atoms with Crippen molar-refractivity contribution in [1.82, 2.24) is 15.0 Å². The number of carbonyl (C=O) groups excluding carboxylic acids is 1. The van der Waals surface area contributed by atoms with Gasteiger partial charge in [-0.3, -0.25) is 9.78 Å². The summed E-state index contributed by atoms with van der Waals surface area (Å²) in [6.07, 6.45) is 1.75. The molecule has 0 spiro atoms. The molecule has 0 aliphatic heterocycles. The Balaban J connectivity index is 1.80. The lowest BCUT2D eigenvalue weighted by molar-refractivity contribution is 0.102. The SMILES string of the molecule is Cc1nc(NCc2ccccn2)cc(C(=O)Nc2c(C)cccc2C(C)C)n1. The van der Waals surface area contributed by atoms with Crippen LogP contribution in [0.2, 0.25) is 0 Å². The summed E-state index contributed by atoms with van der Waals surface area (Å²) in [5.41, 5.74) is 4.20. The molecule has 0 fully saturated rings. The van der Waals surface area contributed by atoms with E-state index in [1.165, 1.54) is 0 Å². The van der Waals surface area contributed by atoms with Crippen LogP contribution in [0.5, 0.6) is 0 Å². The van der Waals surface area contributed by atoms with Crippen LogP contribution in [0.15, 0.2) is 48.7 Å². The van der Waals surface area contributed by atoms with Crippen molar-refractivity contribution in [3.8, 4) is 0 Å². The highest BCUT2D eigenvalue weighted by Crippen LogP contribution is 2.27. The van der Waals surface area contributed by atoms with E-state index < -0.39 is 0 Å². The largest absolute Gasteiger partial charge is 0.364 e. The number of para-hydroxylation sites is 1. The number of amides is 1. The number of anilines is 2. The number of benzene rings is 1. The number of hydrogen-bond acceptors (Lipinski definition) is 5. The molecule has 3 aromatic rings. The lowest BCUT2D eigenvalue weighted by Gasteiger charge is -2.16. The summed E-state index contributed by atoms with van der Waals surface area (Å²) in [7, 11) is 0. The maximum atomic E-state index is 12.9. The topological polar surface area (TPSA) is 79.8 Å². The molecule has 144 valence electrons. The number of aromatic nitrogens is 3. The van der Waals surface area contributed by atoms with Gasteiger partial charge in [0.2, 0.25) is 0 Å². The first kappa shape index (κ1) is 19.5. The molecule has 0 atom stereocenters. The first-order valence-electron chi connectivity index (χ1n) is 9.34. The number of nitrogens with one attached hydrogen (secondary N) is 2. The quantitative estimate of drug-likeness (QED) is 0.664. The van der Waals surface area contributed by atoms with Crippen molar-refractivity contribution in [2.24, 2.45) is 0 Å². The van der Waals surface area contributed by atoms with Crippen LogP contribution in [-0.2, 0) is 6.54 Å². The van der Waals surface area contributed by atoms with Crippen molar-refractivity contribution in [2.75, 3.05) is 10.6 Å². The van der Waals surface area contributed by atoms with E-state index in [-0.39, 0.29) is 5.91 Å². The van der Waals surface area contributed by atoms with Crippen molar-refractivity contribution in [3.05, 3.63) is 77.0 Å². The third-order valence-electron chi connectivity index (χ3n) is 4.41. The second-order valence-corrected chi connectivity index (χ2v) is 7.01. The summed E-state index contributed by atoms with van der Waals surface area (Å²) >= 11 is 0. The Kier molecular flexibility index (Phi) is 5.99. The minimum atomic E-state index is -0.248. The Bertz CT molecular complexity index is 970. The number of hydrogen-bond donors (Lipinski definition) is 2. The van der Waals surface area contributed by atoms with Crippen LogP contribution < -0.4 is 10.6 Å². The molecule has 0 unspecified atom stereocenters. The second-order valence-electron chi connectivity index (χ2n) is 7.01. The van der Waals surface area contributed by atoms with E-state index in [0.717, 1.165) is 22.5 Å². The average Bonchev–Trinajstić information content (AvgIpc) is 2.68. The molecule has 0 bridgehead atoms. The van der Waals surface area contributed by atoms with Crippen molar-refractivity contribution in [3.63, 3.8) is 0 Å². The number of rotatable bonds is 6. The molecule has 6 heteroatoms.